The summed E-state index contributed by atoms with van der Waals surface area (Å²) < 4.78 is 0. The number of nitrogens with zero attached hydrogens (tertiary/aromatic N) is 4. The maximum absolute atomic E-state index is 12.0. The molecule has 1 aromatic rings. The molecule has 24 heavy (non-hydrogen) atoms. The summed E-state index contributed by atoms with van der Waals surface area (Å²) in [7, 11) is 4.04. The number of carbonyl (C=O) groups is 1. The number of hydrogen-bond donors (Lipinski definition) is 1. The van der Waals surface area contributed by atoms with E-state index in [0.717, 1.165) is 37.7 Å². The SMILES string of the molecule is CN(C)c1ncc(CN2CCCC3(CCC(=O)N(CCO)C3)C2)s1. The van der Waals surface area contributed by atoms with Crippen LogP contribution in [0.5, 0.6) is 0 Å². The van der Waals surface area contributed by atoms with Crippen molar-refractivity contribution in [3.8, 4) is 0 Å². The normalized spacial score (nSPS) is 25.5. The van der Waals surface area contributed by atoms with Crippen molar-refractivity contribution in [2.45, 2.75) is 32.2 Å². The largest absolute Gasteiger partial charge is 0.395 e. The number of likely N-dealkylation sites (tertiary alicyclic amines) is 2. The predicted octanol–water partition coefficient (Wildman–Crippen LogP) is 1.41. The monoisotopic (exact) mass is 352 g/mol. The van der Waals surface area contributed by atoms with Gasteiger partial charge in [0.2, 0.25) is 5.91 Å². The third-order valence-corrected chi connectivity index (χ3v) is 6.31. The van der Waals surface area contributed by atoms with Crippen molar-refractivity contribution in [3.05, 3.63) is 11.1 Å². The number of aromatic nitrogens is 1. The van der Waals surface area contributed by atoms with Gasteiger partial charge in [0, 0.05) is 63.2 Å². The van der Waals surface area contributed by atoms with Gasteiger partial charge >= 0.3 is 0 Å². The number of piperidine rings is 2. The first-order chi connectivity index (χ1) is 11.5. The number of hydrogen-bond acceptors (Lipinski definition) is 6. The number of rotatable bonds is 5. The minimum Gasteiger partial charge on any atom is -0.395 e. The Balaban J connectivity index is 1.64. The summed E-state index contributed by atoms with van der Waals surface area (Å²) in [6, 6.07) is 0. The molecule has 0 aromatic carbocycles. The Morgan fingerprint density at radius 3 is 2.92 bits per heavy atom. The summed E-state index contributed by atoms with van der Waals surface area (Å²) in [5, 5.41) is 10.3. The van der Waals surface area contributed by atoms with Crippen LogP contribution in [-0.4, -0.2) is 72.7 Å². The van der Waals surface area contributed by atoms with Crippen LogP contribution in [-0.2, 0) is 11.3 Å². The molecule has 2 aliphatic rings. The molecule has 1 N–H and O–H groups in total. The Kier molecular flexibility index (Phi) is 5.42. The van der Waals surface area contributed by atoms with Crippen molar-refractivity contribution in [1.82, 2.24) is 14.8 Å². The van der Waals surface area contributed by atoms with Gasteiger partial charge in [-0.2, -0.15) is 0 Å². The molecule has 0 aliphatic carbocycles. The number of amides is 1. The van der Waals surface area contributed by atoms with Gasteiger partial charge in [0.15, 0.2) is 5.13 Å². The van der Waals surface area contributed by atoms with Crippen LogP contribution >= 0.6 is 11.3 Å². The summed E-state index contributed by atoms with van der Waals surface area (Å²) in [5.74, 6) is 0.199. The quantitative estimate of drug-likeness (QED) is 0.868. The zero-order chi connectivity index (χ0) is 17.2. The second kappa shape index (κ2) is 7.37. The standard InChI is InChI=1S/C17H28N4O2S/c1-19(2)16-18-10-14(24-16)11-20-7-3-5-17(12-20)6-4-15(23)21(13-17)8-9-22/h10,22H,3-9,11-13H2,1-2H3. The highest BCUT2D eigenvalue weighted by molar-refractivity contribution is 7.15. The number of anilines is 1. The predicted molar refractivity (Wildman–Crippen MR) is 96.3 cm³/mol. The van der Waals surface area contributed by atoms with Crippen molar-refractivity contribution in [2.75, 3.05) is 51.8 Å². The van der Waals surface area contributed by atoms with E-state index in [9.17, 15) is 9.90 Å². The third-order valence-electron chi connectivity index (χ3n) is 5.16. The maximum atomic E-state index is 12.0. The molecule has 1 aromatic heterocycles. The number of carbonyl (C=O) groups excluding carboxylic acids is 1. The lowest BCUT2D eigenvalue weighted by Gasteiger charge is -2.48. The van der Waals surface area contributed by atoms with Gasteiger partial charge in [-0.3, -0.25) is 9.69 Å². The Hall–Kier alpha value is -1.18. The molecule has 2 fully saturated rings. The van der Waals surface area contributed by atoms with E-state index < -0.39 is 0 Å². The molecule has 1 spiro atoms. The van der Waals surface area contributed by atoms with E-state index in [1.165, 1.54) is 17.7 Å². The Bertz CT molecular complexity index is 577. The molecule has 3 rings (SSSR count). The molecule has 2 aliphatic heterocycles. The smallest absolute Gasteiger partial charge is 0.222 e. The van der Waals surface area contributed by atoms with Gasteiger partial charge in [0.05, 0.1) is 6.61 Å². The minimum absolute atomic E-state index is 0.0553. The molecule has 0 bridgehead atoms. The lowest BCUT2D eigenvalue weighted by molar-refractivity contribution is -0.140. The van der Waals surface area contributed by atoms with Gasteiger partial charge in [-0.1, -0.05) is 0 Å². The molecule has 1 amide bonds. The zero-order valence-electron chi connectivity index (χ0n) is 14.7. The number of β-amino-alcohol motifs (C(OH)–C–C–N with tert-alkyl or cyclic N) is 1. The maximum Gasteiger partial charge on any atom is 0.222 e. The van der Waals surface area contributed by atoms with Crippen LogP contribution in [0.2, 0.25) is 0 Å². The average molecular weight is 353 g/mol. The summed E-state index contributed by atoms with van der Waals surface area (Å²) in [6.07, 6.45) is 5.96. The molecule has 6 nitrogen and oxygen atoms in total. The van der Waals surface area contributed by atoms with Gasteiger partial charge in [-0.15, -0.1) is 11.3 Å². The zero-order valence-corrected chi connectivity index (χ0v) is 15.5. The van der Waals surface area contributed by atoms with E-state index in [1.807, 2.05) is 30.1 Å². The topological polar surface area (TPSA) is 59.9 Å². The highest BCUT2D eigenvalue weighted by atomic mass is 32.1. The van der Waals surface area contributed by atoms with Crippen molar-refractivity contribution in [3.63, 3.8) is 0 Å². The fraction of sp³-hybridized carbons (Fsp3) is 0.765. The highest BCUT2D eigenvalue weighted by Gasteiger charge is 2.41. The molecule has 1 unspecified atom stereocenters. The van der Waals surface area contributed by atoms with Crippen LogP contribution in [0, 0.1) is 5.41 Å². The fourth-order valence-electron chi connectivity index (χ4n) is 4.00. The summed E-state index contributed by atoms with van der Waals surface area (Å²) in [4.78, 5) is 24.2. The minimum atomic E-state index is 0.0553. The van der Waals surface area contributed by atoms with E-state index >= 15 is 0 Å². The lowest BCUT2D eigenvalue weighted by Crippen LogP contribution is -2.54. The van der Waals surface area contributed by atoms with Crippen LogP contribution in [0.4, 0.5) is 5.13 Å². The van der Waals surface area contributed by atoms with Crippen molar-refractivity contribution in [1.29, 1.82) is 0 Å². The third kappa shape index (κ3) is 3.90. The van der Waals surface area contributed by atoms with Crippen molar-refractivity contribution >= 4 is 22.4 Å². The fourth-order valence-corrected chi connectivity index (χ4v) is 4.88. The molecule has 3 heterocycles. The Morgan fingerprint density at radius 2 is 2.21 bits per heavy atom. The van der Waals surface area contributed by atoms with Gasteiger partial charge in [-0.25, -0.2) is 4.98 Å². The summed E-state index contributed by atoms with van der Waals surface area (Å²) in [6.45, 7) is 4.43. The van der Waals surface area contributed by atoms with E-state index in [2.05, 4.69) is 9.88 Å². The summed E-state index contributed by atoms with van der Waals surface area (Å²) in [5.41, 5.74) is 0.205. The van der Waals surface area contributed by atoms with Crippen LogP contribution in [0.25, 0.3) is 0 Å². The Labute approximate surface area is 148 Å². The van der Waals surface area contributed by atoms with Crippen molar-refractivity contribution in [2.24, 2.45) is 5.41 Å². The first-order valence-electron chi connectivity index (χ1n) is 8.74. The van der Waals surface area contributed by atoms with E-state index in [-0.39, 0.29) is 17.9 Å². The second-order valence-corrected chi connectivity index (χ2v) is 8.45. The second-order valence-electron chi connectivity index (χ2n) is 7.36. The molecular weight excluding hydrogens is 324 g/mol. The summed E-state index contributed by atoms with van der Waals surface area (Å²) >= 11 is 1.75. The van der Waals surface area contributed by atoms with Gasteiger partial charge in [0.1, 0.15) is 0 Å². The Morgan fingerprint density at radius 1 is 1.38 bits per heavy atom. The first kappa shape index (κ1) is 17.6. The first-order valence-corrected chi connectivity index (χ1v) is 9.56. The lowest BCUT2D eigenvalue weighted by atomic mass is 9.73. The van der Waals surface area contributed by atoms with Crippen molar-refractivity contribution < 1.29 is 9.90 Å². The van der Waals surface area contributed by atoms with Gasteiger partial charge < -0.3 is 14.9 Å². The van der Waals surface area contributed by atoms with E-state index in [1.54, 1.807) is 11.3 Å². The molecule has 1 atom stereocenters. The van der Waals surface area contributed by atoms with E-state index in [0.29, 0.717) is 13.0 Å². The van der Waals surface area contributed by atoms with E-state index in [4.69, 9.17) is 0 Å². The molecule has 0 radical (unpaired) electrons. The van der Waals surface area contributed by atoms with Gasteiger partial charge in [-0.05, 0) is 25.8 Å². The van der Waals surface area contributed by atoms with Gasteiger partial charge in [0.25, 0.3) is 0 Å². The molecular formula is C17H28N4O2S. The number of aliphatic hydroxyl groups excluding tert-OH is 1. The van der Waals surface area contributed by atoms with Crippen LogP contribution < -0.4 is 4.90 Å². The molecule has 7 heteroatoms. The number of aliphatic hydroxyl groups is 1. The highest BCUT2D eigenvalue weighted by Crippen LogP contribution is 2.39. The molecule has 2 saturated heterocycles. The van der Waals surface area contributed by atoms with Crippen LogP contribution in [0.15, 0.2) is 6.20 Å². The molecule has 134 valence electrons. The number of thiazole rings is 1. The van der Waals surface area contributed by atoms with Crippen LogP contribution in [0.1, 0.15) is 30.6 Å². The van der Waals surface area contributed by atoms with Crippen LogP contribution in [0.3, 0.4) is 0 Å². The molecule has 0 saturated carbocycles. The average Bonchev–Trinajstić information content (AvgIpc) is 3.00.